The predicted octanol–water partition coefficient (Wildman–Crippen LogP) is 2.65. The van der Waals surface area contributed by atoms with Gasteiger partial charge in [-0.05, 0) is 37.0 Å². The number of benzene rings is 1. The number of rotatable bonds is 1. The molecule has 1 fully saturated rings. The van der Waals surface area contributed by atoms with Gasteiger partial charge < -0.3 is 15.2 Å². The Kier molecular flexibility index (Phi) is 2.46. The molecular formula is C12H14BrNO2. The molecule has 0 spiro atoms. The maximum atomic E-state index is 6.34. The Balaban J connectivity index is 2.05. The van der Waals surface area contributed by atoms with Crippen LogP contribution in [0.4, 0.5) is 0 Å². The largest absolute Gasteiger partial charge is 0.467 e. The topological polar surface area (TPSA) is 44.5 Å². The lowest BCUT2D eigenvalue weighted by molar-refractivity contribution is -0.0166. The third-order valence-corrected chi connectivity index (χ3v) is 4.14. The number of hydrogen-bond acceptors (Lipinski definition) is 3. The molecule has 16 heavy (non-hydrogen) atoms. The molecule has 1 aliphatic carbocycles. The summed E-state index contributed by atoms with van der Waals surface area (Å²) in [5.41, 5.74) is 8.44. The fraction of sp³-hybridized carbons (Fsp3) is 0.500. The van der Waals surface area contributed by atoms with E-state index in [0.29, 0.717) is 13.4 Å². The Hall–Kier alpha value is -0.580. The Morgan fingerprint density at radius 1 is 1.31 bits per heavy atom. The highest BCUT2D eigenvalue weighted by Crippen LogP contribution is 2.44. The summed E-state index contributed by atoms with van der Waals surface area (Å²) in [6.07, 6.45) is 3.33. The van der Waals surface area contributed by atoms with Gasteiger partial charge in [-0.25, -0.2) is 0 Å². The minimum Gasteiger partial charge on any atom is -0.467 e. The predicted molar refractivity (Wildman–Crippen MR) is 64.1 cm³/mol. The number of ether oxygens (including phenoxy) is 2. The second-order valence-electron chi connectivity index (χ2n) is 4.56. The molecule has 4 heteroatoms. The molecule has 3 nitrogen and oxygen atoms in total. The maximum absolute atomic E-state index is 6.34. The summed E-state index contributed by atoms with van der Waals surface area (Å²) >= 11 is 3.59. The highest BCUT2D eigenvalue weighted by Gasteiger charge is 2.36. The van der Waals surface area contributed by atoms with Crippen LogP contribution in [0.5, 0.6) is 5.75 Å². The summed E-state index contributed by atoms with van der Waals surface area (Å²) in [6, 6.07) is 4.14. The number of nitrogens with two attached hydrogens (primary N) is 1. The summed E-state index contributed by atoms with van der Waals surface area (Å²) in [5, 5.41) is 0. The van der Waals surface area contributed by atoms with Gasteiger partial charge in [0.1, 0.15) is 5.75 Å². The fourth-order valence-corrected chi connectivity index (χ4v) is 3.09. The van der Waals surface area contributed by atoms with Gasteiger partial charge in [0.05, 0.1) is 6.61 Å². The van der Waals surface area contributed by atoms with Crippen LogP contribution in [0.3, 0.4) is 0 Å². The third-order valence-electron chi connectivity index (χ3n) is 3.49. The first kappa shape index (κ1) is 10.6. The van der Waals surface area contributed by atoms with Crippen molar-refractivity contribution in [2.45, 2.75) is 31.4 Å². The Bertz CT molecular complexity index is 429. The van der Waals surface area contributed by atoms with E-state index in [1.54, 1.807) is 0 Å². The average molecular weight is 284 g/mol. The van der Waals surface area contributed by atoms with E-state index < -0.39 is 0 Å². The first-order valence-corrected chi connectivity index (χ1v) is 6.31. The van der Waals surface area contributed by atoms with E-state index in [4.69, 9.17) is 15.2 Å². The first-order valence-electron chi connectivity index (χ1n) is 5.51. The number of halogens is 1. The van der Waals surface area contributed by atoms with Gasteiger partial charge in [-0.2, -0.15) is 0 Å². The molecular weight excluding hydrogens is 270 g/mol. The van der Waals surface area contributed by atoms with Crippen LogP contribution in [0.25, 0.3) is 0 Å². The first-order chi connectivity index (χ1) is 7.69. The van der Waals surface area contributed by atoms with Gasteiger partial charge in [0.2, 0.25) is 0 Å². The van der Waals surface area contributed by atoms with E-state index in [-0.39, 0.29) is 5.54 Å². The van der Waals surface area contributed by atoms with Crippen molar-refractivity contribution in [1.29, 1.82) is 0 Å². The van der Waals surface area contributed by atoms with Gasteiger partial charge >= 0.3 is 0 Å². The van der Waals surface area contributed by atoms with E-state index in [2.05, 4.69) is 28.1 Å². The van der Waals surface area contributed by atoms with Gasteiger partial charge in [-0.15, -0.1) is 0 Å². The molecule has 0 atom stereocenters. The second kappa shape index (κ2) is 3.72. The highest BCUT2D eigenvalue weighted by atomic mass is 79.9. The van der Waals surface area contributed by atoms with E-state index in [0.717, 1.165) is 28.6 Å². The monoisotopic (exact) mass is 283 g/mol. The Labute approximate surface area is 103 Å². The SMILES string of the molecule is NC1(c2cc3c(cc2Br)COCO3)CCC1. The minimum atomic E-state index is -0.157. The molecule has 0 bridgehead atoms. The van der Waals surface area contributed by atoms with Crippen molar-refractivity contribution in [3.63, 3.8) is 0 Å². The minimum absolute atomic E-state index is 0.157. The summed E-state index contributed by atoms with van der Waals surface area (Å²) in [6.45, 7) is 0.956. The number of fused-ring (bicyclic) bond motifs is 1. The van der Waals surface area contributed by atoms with Crippen LogP contribution < -0.4 is 10.5 Å². The van der Waals surface area contributed by atoms with Gasteiger partial charge in [0, 0.05) is 15.6 Å². The van der Waals surface area contributed by atoms with Crippen molar-refractivity contribution < 1.29 is 9.47 Å². The molecule has 86 valence electrons. The van der Waals surface area contributed by atoms with Crippen LogP contribution in [0, 0.1) is 0 Å². The molecule has 0 saturated heterocycles. The van der Waals surface area contributed by atoms with Crippen molar-refractivity contribution in [3.8, 4) is 5.75 Å². The molecule has 0 radical (unpaired) electrons. The smallest absolute Gasteiger partial charge is 0.189 e. The normalized spacial score (nSPS) is 21.9. The zero-order valence-electron chi connectivity index (χ0n) is 8.96. The molecule has 1 saturated carbocycles. The molecule has 1 heterocycles. The average Bonchev–Trinajstić information content (AvgIpc) is 2.25. The molecule has 2 N–H and O–H groups in total. The molecule has 1 aromatic carbocycles. The summed E-state index contributed by atoms with van der Waals surface area (Å²) in [4.78, 5) is 0. The van der Waals surface area contributed by atoms with E-state index in [9.17, 15) is 0 Å². The van der Waals surface area contributed by atoms with Crippen LogP contribution in [0.2, 0.25) is 0 Å². The number of hydrogen-bond donors (Lipinski definition) is 1. The summed E-state index contributed by atoms with van der Waals surface area (Å²) in [5.74, 6) is 0.918. The lowest BCUT2D eigenvalue weighted by Crippen LogP contribution is -2.43. The molecule has 0 unspecified atom stereocenters. The molecule has 0 amide bonds. The van der Waals surface area contributed by atoms with Crippen LogP contribution in [-0.4, -0.2) is 6.79 Å². The van der Waals surface area contributed by atoms with Crippen LogP contribution in [0.15, 0.2) is 16.6 Å². The van der Waals surface area contributed by atoms with Crippen LogP contribution in [0.1, 0.15) is 30.4 Å². The Morgan fingerprint density at radius 3 is 2.81 bits per heavy atom. The second-order valence-corrected chi connectivity index (χ2v) is 5.41. The van der Waals surface area contributed by atoms with Gasteiger partial charge in [-0.3, -0.25) is 0 Å². The Morgan fingerprint density at radius 2 is 2.12 bits per heavy atom. The third kappa shape index (κ3) is 1.56. The van der Waals surface area contributed by atoms with Crippen LogP contribution in [-0.2, 0) is 16.9 Å². The zero-order valence-corrected chi connectivity index (χ0v) is 10.5. The zero-order chi connectivity index (χ0) is 11.2. The van der Waals surface area contributed by atoms with Crippen molar-refractivity contribution in [3.05, 3.63) is 27.7 Å². The van der Waals surface area contributed by atoms with E-state index in [1.807, 2.05) is 0 Å². The molecule has 2 aliphatic rings. The highest BCUT2D eigenvalue weighted by molar-refractivity contribution is 9.10. The van der Waals surface area contributed by atoms with Gasteiger partial charge in [0.25, 0.3) is 0 Å². The summed E-state index contributed by atoms with van der Waals surface area (Å²) in [7, 11) is 0. The standard InChI is InChI=1S/C12H14BrNO2/c13-10-4-8-6-15-7-16-11(8)5-9(10)12(14)2-1-3-12/h4-5H,1-3,6-7,14H2. The van der Waals surface area contributed by atoms with Crippen molar-refractivity contribution in [2.75, 3.05) is 6.79 Å². The summed E-state index contributed by atoms with van der Waals surface area (Å²) < 4.78 is 11.8. The fourth-order valence-electron chi connectivity index (χ4n) is 2.31. The van der Waals surface area contributed by atoms with E-state index in [1.165, 1.54) is 12.0 Å². The molecule has 0 aromatic heterocycles. The maximum Gasteiger partial charge on any atom is 0.189 e. The van der Waals surface area contributed by atoms with Crippen molar-refractivity contribution >= 4 is 15.9 Å². The lowest BCUT2D eigenvalue weighted by Gasteiger charge is -2.39. The van der Waals surface area contributed by atoms with Gasteiger partial charge in [-0.1, -0.05) is 15.9 Å². The van der Waals surface area contributed by atoms with E-state index >= 15 is 0 Å². The van der Waals surface area contributed by atoms with Crippen molar-refractivity contribution in [1.82, 2.24) is 0 Å². The molecule has 1 aliphatic heterocycles. The van der Waals surface area contributed by atoms with Crippen molar-refractivity contribution in [2.24, 2.45) is 5.73 Å². The lowest BCUT2D eigenvalue weighted by atomic mass is 9.72. The van der Waals surface area contributed by atoms with Crippen LogP contribution >= 0.6 is 15.9 Å². The molecule has 3 rings (SSSR count). The molecule has 1 aromatic rings. The van der Waals surface area contributed by atoms with Gasteiger partial charge in [0.15, 0.2) is 6.79 Å². The quantitative estimate of drug-likeness (QED) is 0.862.